The molecule has 1 heterocycles. The van der Waals surface area contributed by atoms with Crippen LogP contribution in [0.1, 0.15) is 5.56 Å². The molecule has 0 aromatic carbocycles. The third kappa shape index (κ3) is 6.03. The molecule has 0 saturated carbocycles. The standard InChI is InChI=1S/C9H11F3N2O/c10-9(11,12)15-6-5-14-7-8-1-3-13-4-2-8/h1-4,14H,5-7H2. The first-order valence-electron chi connectivity index (χ1n) is 4.38. The van der Waals surface area contributed by atoms with Crippen molar-refractivity contribution in [2.24, 2.45) is 0 Å². The van der Waals surface area contributed by atoms with Crippen LogP contribution >= 0.6 is 0 Å². The summed E-state index contributed by atoms with van der Waals surface area (Å²) in [6.07, 6.45) is -1.29. The fourth-order valence-corrected chi connectivity index (χ4v) is 0.972. The Bertz CT molecular complexity index is 276. The molecule has 0 radical (unpaired) electrons. The summed E-state index contributed by atoms with van der Waals surface area (Å²) in [5.41, 5.74) is 0.969. The molecule has 3 nitrogen and oxygen atoms in total. The maximum atomic E-state index is 11.5. The summed E-state index contributed by atoms with van der Waals surface area (Å²) in [4.78, 5) is 3.82. The average Bonchev–Trinajstić information content (AvgIpc) is 2.17. The minimum absolute atomic E-state index is 0.155. The highest BCUT2D eigenvalue weighted by Crippen LogP contribution is 2.15. The Morgan fingerprint density at radius 3 is 2.53 bits per heavy atom. The van der Waals surface area contributed by atoms with Crippen molar-refractivity contribution in [1.82, 2.24) is 10.3 Å². The Morgan fingerprint density at radius 1 is 1.27 bits per heavy atom. The molecule has 0 amide bonds. The first-order chi connectivity index (χ1) is 7.08. The van der Waals surface area contributed by atoms with E-state index in [-0.39, 0.29) is 13.2 Å². The number of pyridine rings is 1. The zero-order valence-corrected chi connectivity index (χ0v) is 7.92. The van der Waals surface area contributed by atoms with E-state index in [1.165, 1.54) is 0 Å². The molecule has 0 aliphatic rings. The summed E-state index contributed by atoms with van der Waals surface area (Å²) in [5, 5.41) is 2.82. The molecule has 0 fully saturated rings. The molecule has 1 aromatic heterocycles. The lowest BCUT2D eigenvalue weighted by Crippen LogP contribution is -2.23. The number of aromatic nitrogens is 1. The van der Waals surface area contributed by atoms with Gasteiger partial charge in [0.25, 0.3) is 0 Å². The van der Waals surface area contributed by atoms with Crippen molar-refractivity contribution >= 4 is 0 Å². The van der Waals surface area contributed by atoms with E-state index in [1.54, 1.807) is 24.5 Å². The number of nitrogens with one attached hydrogen (secondary N) is 1. The van der Waals surface area contributed by atoms with Gasteiger partial charge in [-0.15, -0.1) is 13.2 Å². The van der Waals surface area contributed by atoms with Crippen molar-refractivity contribution < 1.29 is 17.9 Å². The van der Waals surface area contributed by atoms with Gasteiger partial charge in [-0.25, -0.2) is 0 Å². The van der Waals surface area contributed by atoms with E-state index < -0.39 is 6.36 Å². The Balaban J connectivity index is 2.08. The predicted octanol–water partition coefficient (Wildman–Crippen LogP) is 1.71. The largest absolute Gasteiger partial charge is 0.522 e. The van der Waals surface area contributed by atoms with Crippen molar-refractivity contribution in [3.05, 3.63) is 30.1 Å². The molecule has 0 unspecified atom stereocenters. The number of rotatable bonds is 5. The lowest BCUT2D eigenvalue weighted by molar-refractivity contribution is -0.323. The molecule has 0 bridgehead atoms. The molecule has 1 aromatic rings. The van der Waals surface area contributed by atoms with Gasteiger partial charge in [0, 0.05) is 25.5 Å². The highest BCUT2D eigenvalue weighted by molar-refractivity contribution is 5.08. The maximum absolute atomic E-state index is 11.5. The van der Waals surface area contributed by atoms with Gasteiger partial charge in [0.2, 0.25) is 0 Å². The van der Waals surface area contributed by atoms with Crippen LogP contribution in [-0.4, -0.2) is 24.5 Å². The molecule has 0 atom stereocenters. The quantitative estimate of drug-likeness (QED) is 0.767. The Hall–Kier alpha value is -1.14. The van der Waals surface area contributed by atoms with Gasteiger partial charge in [-0.1, -0.05) is 0 Å². The molecule has 0 saturated heterocycles. The second kappa shape index (κ2) is 5.67. The summed E-state index contributed by atoms with van der Waals surface area (Å²) in [7, 11) is 0. The summed E-state index contributed by atoms with van der Waals surface area (Å²) in [5.74, 6) is 0. The Morgan fingerprint density at radius 2 is 1.93 bits per heavy atom. The molecule has 15 heavy (non-hydrogen) atoms. The van der Waals surface area contributed by atoms with E-state index in [0.717, 1.165) is 5.56 Å². The molecule has 84 valence electrons. The van der Waals surface area contributed by atoms with E-state index in [9.17, 15) is 13.2 Å². The lowest BCUT2D eigenvalue weighted by Gasteiger charge is -2.08. The maximum Gasteiger partial charge on any atom is 0.522 e. The molecule has 0 spiro atoms. The number of nitrogens with zero attached hydrogens (tertiary/aromatic N) is 1. The van der Waals surface area contributed by atoms with Crippen LogP contribution in [0.3, 0.4) is 0 Å². The van der Waals surface area contributed by atoms with Gasteiger partial charge in [-0.05, 0) is 17.7 Å². The van der Waals surface area contributed by atoms with E-state index in [0.29, 0.717) is 6.54 Å². The van der Waals surface area contributed by atoms with Crippen LogP contribution in [0, 0.1) is 0 Å². The van der Waals surface area contributed by atoms with Crippen molar-refractivity contribution in [3.63, 3.8) is 0 Å². The van der Waals surface area contributed by atoms with Gasteiger partial charge in [-0.2, -0.15) is 0 Å². The number of alkyl halides is 3. The normalized spacial score (nSPS) is 11.7. The van der Waals surface area contributed by atoms with E-state index >= 15 is 0 Å². The van der Waals surface area contributed by atoms with E-state index in [2.05, 4.69) is 15.0 Å². The Labute approximate surface area is 85.3 Å². The summed E-state index contributed by atoms with van der Waals surface area (Å²) in [6, 6.07) is 3.58. The number of ether oxygens (including phenoxy) is 1. The number of halogens is 3. The third-order valence-corrected chi connectivity index (χ3v) is 1.62. The van der Waals surface area contributed by atoms with Crippen molar-refractivity contribution in [2.75, 3.05) is 13.2 Å². The van der Waals surface area contributed by atoms with Crippen LogP contribution in [0.2, 0.25) is 0 Å². The van der Waals surface area contributed by atoms with Crippen molar-refractivity contribution in [3.8, 4) is 0 Å². The molecule has 1 N–H and O–H groups in total. The third-order valence-electron chi connectivity index (χ3n) is 1.62. The molecular weight excluding hydrogens is 209 g/mol. The van der Waals surface area contributed by atoms with Gasteiger partial charge in [0.05, 0.1) is 6.61 Å². The second-order valence-corrected chi connectivity index (χ2v) is 2.83. The average molecular weight is 220 g/mol. The van der Waals surface area contributed by atoms with Gasteiger partial charge in [-0.3, -0.25) is 9.72 Å². The topological polar surface area (TPSA) is 34.1 Å². The van der Waals surface area contributed by atoms with Crippen LogP contribution in [0.4, 0.5) is 13.2 Å². The fourth-order valence-electron chi connectivity index (χ4n) is 0.972. The van der Waals surface area contributed by atoms with Crippen molar-refractivity contribution in [1.29, 1.82) is 0 Å². The first-order valence-corrected chi connectivity index (χ1v) is 4.38. The predicted molar refractivity (Wildman–Crippen MR) is 48.0 cm³/mol. The van der Waals surface area contributed by atoms with Crippen LogP contribution in [0.5, 0.6) is 0 Å². The minimum Gasteiger partial charge on any atom is -0.310 e. The molecular formula is C9H11F3N2O. The fraction of sp³-hybridized carbons (Fsp3) is 0.444. The van der Waals surface area contributed by atoms with Gasteiger partial charge in [0.1, 0.15) is 0 Å². The van der Waals surface area contributed by atoms with Crippen LogP contribution in [-0.2, 0) is 11.3 Å². The highest BCUT2D eigenvalue weighted by atomic mass is 19.4. The Kier molecular flexibility index (Phi) is 4.51. The minimum atomic E-state index is -4.54. The van der Waals surface area contributed by atoms with Gasteiger partial charge >= 0.3 is 6.36 Å². The zero-order chi connectivity index (χ0) is 11.1. The monoisotopic (exact) mass is 220 g/mol. The summed E-state index contributed by atoms with van der Waals surface area (Å²) >= 11 is 0. The van der Waals surface area contributed by atoms with E-state index in [4.69, 9.17) is 0 Å². The first kappa shape index (κ1) is 11.9. The highest BCUT2D eigenvalue weighted by Gasteiger charge is 2.28. The molecule has 1 rings (SSSR count). The van der Waals surface area contributed by atoms with Crippen molar-refractivity contribution in [2.45, 2.75) is 12.9 Å². The van der Waals surface area contributed by atoms with Crippen LogP contribution in [0.15, 0.2) is 24.5 Å². The number of hydrogen-bond acceptors (Lipinski definition) is 3. The van der Waals surface area contributed by atoms with Crippen LogP contribution < -0.4 is 5.32 Å². The SMILES string of the molecule is FC(F)(F)OCCNCc1ccncc1. The number of hydrogen-bond donors (Lipinski definition) is 1. The summed E-state index contributed by atoms with van der Waals surface area (Å²) < 4.78 is 38.2. The van der Waals surface area contributed by atoms with E-state index in [1.807, 2.05) is 0 Å². The van der Waals surface area contributed by atoms with Gasteiger partial charge in [0.15, 0.2) is 0 Å². The summed E-state index contributed by atoms with van der Waals surface area (Å²) in [6.45, 7) is 0.278. The lowest BCUT2D eigenvalue weighted by atomic mass is 10.3. The molecule has 0 aliphatic heterocycles. The second-order valence-electron chi connectivity index (χ2n) is 2.83. The van der Waals surface area contributed by atoms with Crippen LogP contribution in [0.25, 0.3) is 0 Å². The molecule has 6 heteroatoms. The molecule has 0 aliphatic carbocycles. The smallest absolute Gasteiger partial charge is 0.310 e. The van der Waals surface area contributed by atoms with Gasteiger partial charge < -0.3 is 5.32 Å². The zero-order valence-electron chi connectivity index (χ0n) is 7.92.